The van der Waals surface area contributed by atoms with E-state index in [-0.39, 0.29) is 23.3 Å². The number of amides is 2. The van der Waals surface area contributed by atoms with Crippen LogP contribution in [0.1, 0.15) is 72.6 Å². The number of carbonyl (C=O) groups is 3. The molecule has 1 spiro atoms. The quantitative estimate of drug-likeness (QED) is 0.335. The van der Waals surface area contributed by atoms with Gasteiger partial charge in [-0.2, -0.15) is 0 Å². The summed E-state index contributed by atoms with van der Waals surface area (Å²) >= 11 is 0. The van der Waals surface area contributed by atoms with Gasteiger partial charge in [-0.25, -0.2) is 14.2 Å². The van der Waals surface area contributed by atoms with Crippen LogP contribution < -0.4 is 20.7 Å². The van der Waals surface area contributed by atoms with Gasteiger partial charge in [0.1, 0.15) is 23.0 Å². The largest absolute Gasteiger partial charge is 0.469 e. The van der Waals surface area contributed by atoms with Crippen LogP contribution in [0.5, 0.6) is 5.75 Å². The Bertz CT molecular complexity index is 1650. The van der Waals surface area contributed by atoms with Gasteiger partial charge >= 0.3 is 5.97 Å². The van der Waals surface area contributed by atoms with E-state index >= 15 is 0 Å². The fourth-order valence-electron chi connectivity index (χ4n) is 6.18. The number of methoxy groups -OCH3 is 1. The van der Waals surface area contributed by atoms with Gasteiger partial charge in [-0.1, -0.05) is 39.8 Å². The summed E-state index contributed by atoms with van der Waals surface area (Å²) in [7, 11) is 1.14. The second-order valence-corrected chi connectivity index (χ2v) is 12.3. The predicted octanol–water partition coefficient (Wildman–Crippen LogP) is 2.95. The summed E-state index contributed by atoms with van der Waals surface area (Å²) in [6.45, 7) is 6.81. The molecule has 1 aromatic heterocycles. The van der Waals surface area contributed by atoms with E-state index in [0.717, 1.165) is 12.7 Å². The number of aliphatic hydroxyl groups is 1. The number of halogens is 1. The highest BCUT2D eigenvalue weighted by molar-refractivity contribution is 5.97. The van der Waals surface area contributed by atoms with Crippen molar-refractivity contribution in [1.29, 1.82) is 0 Å². The van der Waals surface area contributed by atoms with E-state index in [2.05, 4.69) is 20.9 Å². The first-order valence-electron chi connectivity index (χ1n) is 14.1. The zero-order valence-corrected chi connectivity index (χ0v) is 24.4. The number of fused-ring (bicyclic) bond motifs is 4. The van der Waals surface area contributed by atoms with Gasteiger partial charge in [0, 0.05) is 22.7 Å². The molecule has 4 N–H and O–H groups in total. The summed E-state index contributed by atoms with van der Waals surface area (Å²) in [5.41, 5.74) is 0.286. The lowest BCUT2D eigenvalue weighted by Gasteiger charge is -2.31. The Hall–Kier alpha value is -4.45. The van der Waals surface area contributed by atoms with E-state index in [1.54, 1.807) is 12.1 Å². The van der Waals surface area contributed by atoms with Gasteiger partial charge in [-0.15, -0.1) is 0 Å². The summed E-state index contributed by atoms with van der Waals surface area (Å²) in [5.74, 6) is -2.26. The van der Waals surface area contributed by atoms with Crippen molar-refractivity contribution in [3.05, 3.63) is 76.3 Å². The van der Waals surface area contributed by atoms with Gasteiger partial charge in [-0.05, 0) is 41.7 Å². The molecule has 3 aliphatic rings. The number of aromatic nitrogens is 1. The van der Waals surface area contributed by atoms with Crippen LogP contribution in [0.2, 0.25) is 0 Å². The lowest BCUT2D eigenvalue weighted by atomic mass is 9.72. The second kappa shape index (κ2) is 10.1. The number of rotatable bonds is 4. The third kappa shape index (κ3) is 4.43. The number of hydrogen-bond donors (Lipinski definition) is 4. The summed E-state index contributed by atoms with van der Waals surface area (Å²) in [6, 6.07) is 7.69. The molecule has 0 unspecified atom stereocenters. The smallest absolute Gasteiger partial charge is 0.330 e. The minimum atomic E-state index is -1.38. The first kappa shape index (κ1) is 28.7. The van der Waals surface area contributed by atoms with Crippen LogP contribution in [0, 0.1) is 17.2 Å². The number of carbonyl (C=O) groups excluding carboxylic acids is 3. The SMILES string of the molecule is COC(=O)[C@H](CO)NC(=O)c1nc2oc1[C@@]13c4cc(F)ccc4N[C@@H]1Oc1ccc(cc13)C[C@H](C)C(=O)N[C@H]2C(C)(C)C. The summed E-state index contributed by atoms with van der Waals surface area (Å²) in [5, 5.41) is 18.7. The van der Waals surface area contributed by atoms with E-state index in [4.69, 9.17) is 13.9 Å². The molecule has 0 saturated carbocycles. The molecule has 3 aliphatic heterocycles. The van der Waals surface area contributed by atoms with Crippen LogP contribution in [0.3, 0.4) is 0 Å². The minimum absolute atomic E-state index is 0.0384. The van der Waals surface area contributed by atoms with Crippen molar-refractivity contribution in [1.82, 2.24) is 15.6 Å². The molecular weight excluding hydrogens is 559 g/mol. The molecule has 0 radical (unpaired) electrons. The molecule has 4 heterocycles. The minimum Gasteiger partial charge on any atom is -0.469 e. The summed E-state index contributed by atoms with van der Waals surface area (Å²) in [4.78, 5) is 44.3. The Balaban J connectivity index is 1.67. The van der Waals surface area contributed by atoms with Crippen molar-refractivity contribution in [2.45, 2.75) is 57.8 Å². The molecule has 4 bridgehead atoms. The van der Waals surface area contributed by atoms with Crippen molar-refractivity contribution >= 4 is 23.5 Å². The van der Waals surface area contributed by atoms with Crippen molar-refractivity contribution < 1.29 is 37.8 Å². The molecule has 226 valence electrons. The molecule has 2 amide bonds. The molecule has 6 rings (SSSR count). The lowest BCUT2D eigenvalue weighted by Crippen LogP contribution is -2.46. The van der Waals surface area contributed by atoms with E-state index in [9.17, 15) is 23.9 Å². The molecule has 5 atom stereocenters. The average molecular weight is 593 g/mol. The van der Waals surface area contributed by atoms with E-state index in [0.29, 0.717) is 29.0 Å². The topological polar surface area (TPSA) is 152 Å². The van der Waals surface area contributed by atoms with E-state index in [1.165, 1.54) is 12.1 Å². The molecule has 3 aromatic rings. The third-order valence-electron chi connectivity index (χ3n) is 8.38. The van der Waals surface area contributed by atoms with Crippen LogP contribution in [0.4, 0.5) is 10.1 Å². The maximum absolute atomic E-state index is 15.0. The molecule has 43 heavy (non-hydrogen) atoms. The summed E-state index contributed by atoms with van der Waals surface area (Å²) < 4.78 is 32.6. The normalized spacial score (nSPS) is 24.3. The van der Waals surface area contributed by atoms with Gasteiger partial charge in [0.15, 0.2) is 23.7 Å². The Morgan fingerprint density at radius 1 is 1.21 bits per heavy atom. The number of nitrogens with one attached hydrogen (secondary N) is 3. The Morgan fingerprint density at radius 2 is 1.98 bits per heavy atom. The van der Waals surface area contributed by atoms with Gasteiger partial charge in [0.25, 0.3) is 5.91 Å². The van der Waals surface area contributed by atoms with Gasteiger partial charge in [0.05, 0.1) is 13.7 Å². The number of anilines is 1. The number of esters is 1. The predicted molar refractivity (Wildman–Crippen MR) is 151 cm³/mol. The number of ether oxygens (including phenoxy) is 2. The van der Waals surface area contributed by atoms with Crippen molar-refractivity contribution in [2.24, 2.45) is 11.3 Å². The fourth-order valence-corrected chi connectivity index (χ4v) is 6.18. The van der Waals surface area contributed by atoms with Gasteiger partial charge in [-0.3, -0.25) is 9.59 Å². The van der Waals surface area contributed by atoms with Crippen molar-refractivity contribution in [2.75, 3.05) is 19.0 Å². The number of oxazole rings is 1. The highest BCUT2D eigenvalue weighted by Gasteiger charge is 2.61. The Kier molecular flexibility index (Phi) is 6.72. The third-order valence-corrected chi connectivity index (χ3v) is 8.38. The molecule has 0 fully saturated rings. The molecular formula is C31H33FN4O7. The first-order valence-corrected chi connectivity index (χ1v) is 14.1. The monoisotopic (exact) mass is 592 g/mol. The number of nitrogens with zero attached hydrogens (tertiary/aromatic N) is 1. The van der Waals surface area contributed by atoms with Crippen LogP contribution in [-0.4, -0.2) is 53.9 Å². The van der Waals surface area contributed by atoms with E-state index in [1.807, 2.05) is 39.8 Å². The molecule has 0 saturated heterocycles. The molecule has 12 heteroatoms. The molecule has 0 aliphatic carbocycles. The van der Waals surface area contributed by atoms with Crippen molar-refractivity contribution in [3.63, 3.8) is 0 Å². The van der Waals surface area contributed by atoms with Gasteiger partial charge < -0.3 is 34.9 Å². The number of benzene rings is 2. The zero-order chi connectivity index (χ0) is 30.8. The summed E-state index contributed by atoms with van der Waals surface area (Å²) in [6.07, 6.45) is -0.434. The Morgan fingerprint density at radius 3 is 2.67 bits per heavy atom. The highest BCUT2D eigenvalue weighted by atomic mass is 19.1. The van der Waals surface area contributed by atoms with Crippen molar-refractivity contribution in [3.8, 4) is 5.75 Å². The number of hydrogen-bond acceptors (Lipinski definition) is 9. The Labute approximate surface area is 247 Å². The maximum atomic E-state index is 15.0. The van der Waals surface area contributed by atoms with Crippen LogP contribution in [0.15, 0.2) is 40.8 Å². The lowest BCUT2D eigenvalue weighted by molar-refractivity contribution is -0.143. The highest BCUT2D eigenvalue weighted by Crippen LogP contribution is 2.58. The van der Waals surface area contributed by atoms with Gasteiger partial charge in [0.2, 0.25) is 11.8 Å². The van der Waals surface area contributed by atoms with Crippen LogP contribution >= 0.6 is 0 Å². The fraction of sp³-hybridized carbons (Fsp3) is 0.419. The van der Waals surface area contributed by atoms with Crippen LogP contribution in [-0.2, 0) is 26.2 Å². The zero-order valence-electron chi connectivity index (χ0n) is 24.4. The average Bonchev–Trinajstić information content (AvgIpc) is 3.62. The standard InChI is InChI=1S/C31H33FN4O7/c1-14-10-15-6-9-21-18(11-15)31(17-12-16(32)7-8-19(17)34-29(31)42-21)24-22(26(39)33-20(13-37)28(40)41-5)35-27(43-24)23(30(2,3)4)36-25(14)38/h6-9,11-12,14,20,23,29,34,37H,10,13H2,1-5H3,(H,33,39)(H,36,38)/t14-,20-,23+,29+,31-/m0/s1. The number of aliphatic hydroxyl groups excluding tert-OH is 1. The molecule has 11 nitrogen and oxygen atoms in total. The molecule has 2 aromatic carbocycles. The second-order valence-electron chi connectivity index (χ2n) is 12.3. The maximum Gasteiger partial charge on any atom is 0.330 e. The van der Waals surface area contributed by atoms with Crippen LogP contribution in [0.25, 0.3) is 0 Å². The van der Waals surface area contributed by atoms with E-state index < -0.39 is 59.4 Å². The first-order chi connectivity index (χ1) is 20.4.